The van der Waals surface area contributed by atoms with Gasteiger partial charge < -0.3 is 19.0 Å². The number of hydrogen-bond donors (Lipinski definition) is 0. The second-order valence-corrected chi connectivity index (χ2v) is 17.5. The van der Waals surface area contributed by atoms with Crippen LogP contribution < -0.4 is 0 Å². The van der Waals surface area contributed by atoms with Gasteiger partial charge in [0, 0.05) is 25.9 Å². The van der Waals surface area contributed by atoms with Crippen molar-refractivity contribution in [1.29, 1.82) is 0 Å². The monoisotopic (exact) mass is 639 g/mol. The Bertz CT molecular complexity index is 1240. The molecule has 5 saturated carbocycles. The number of ether oxygens (including phenoxy) is 3. The maximum atomic E-state index is 12.1. The molecule has 1 saturated heterocycles. The van der Waals surface area contributed by atoms with Gasteiger partial charge in [-0.25, -0.2) is 4.79 Å². The smallest absolute Gasteiger partial charge is 0.331 e. The first-order chi connectivity index (χ1) is 21.7. The normalized spacial score (nSPS) is 47.6. The van der Waals surface area contributed by atoms with Crippen LogP contribution in [0.5, 0.6) is 0 Å². The van der Waals surface area contributed by atoms with E-state index in [2.05, 4.69) is 46.4 Å². The second-order valence-electron chi connectivity index (χ2n) is 17.5. The molecule has 5 aliphatic carbocycles. The van der Waals surface area contributed by atoms with Gasteiger partial charge in [0.15, 0.2) is 6.29 Å². The standard InChI is InChI=1S/C39H61NO6/c1-25(2)28-14-19-39(24-45-33-11-9-10-22-43-33)21-20-37(7)29(34(28)39)12-13-31-35(5)17-16-32(40-46-27(4)42)36(6,23-44-26(3)41)30(35)15-18-38(31,37)8/h28-31,33-34H,1,9-24H2,2-8H3/t28-,29+,30+,31+,33?,34+,35-,36+,37+,38+,39+/m0/s1. The van der Waals surface area contributed by atoms with E-state index in [1.807, 2.05) is 0 Å². The average molecular weight is 640 g/mol. The van der Waals surface area contributed by atoms with Crippen molar-refractivity contribution in [3.63, 3.8) is 0 Å². The van der Waals surface area contributed by atoms with E-state index < -0.39 is 11.4 Å². The summed E-state index contributed by atoms with van der Waals surface area (Å²) < 4.78 is 18.5. The SMILES string of the molecule is C=C(C)[C@@H]1CC[C@]2(COC3CCCCO3)CC[C@]3(C)[C@H](CC[C@@H]4[C@@]5(C)CCC(=NOC(C)=O)[C@](C)(COC(C)=O)[C@@H]5CC[C@]43C)[C@@H]12. The molecular formula is C39H61NO6. The summed E-state index contributed by atoms with van der Waals surface area (Å²) in [4.78, 5) is 29.1. The van der Waals surface area contributed by atoms with E-state index in [4.69, 9.17) is 19.0 Å². The zero-order valence-corrected chi connectivity index (χ0v) is 29.9. The Balaban J connectivity index is 1.31. The van der Waals surface area contributed by atoms with Crippen molar-refractivity contribution in [3.8, 4) is 0 Å². The predicted octanol–water partition coefficient (Wildman–Crippen LogP) is 8.65. The molecule has 0 bridgehead atoms. The molecule has 7 heteroatoms. The molecule has 11 atom stereocenters. The summed E-state index contributed by atoms with van der Waals surface area (Å²) in [5.41, 5.74) is 2.49. The van der Waals surface area contributed by atoms with Crippen molar-refractivity contribution in [2.24, 2.45) is 61.8 Å². The average Bonchev–Trinajstić information content (AvgIpc) is 3.40. The number of oxime groups is 1. The fourth-order valence-corrected chi connectivity index (χ4v) is 13.0. The van der Waals surface area contributed by atoms with Crippen LogP contribution in [0.25, 0.3) is 0 Å². The third-order valence-corrected chi connectivity index (χ3v) is 15.4. The summed E-state index contributed by atoms with van der Waals surface area (Å²) in [5, 5.41) is 4.40. The second kappa shape index (κ2) is 12.3. The van der Waals surface area contributed by atoms with Crippen LogP contribution in [0.4, 0.5) is 0 Å². The van der Waals surface area contributed by atoms with E-state index in [-0.39, 0.29) is 40.5 Å². The Morgan fingerprint density at radius 2 is 1.63 bits per heavy atom. The molecule has 1 unspecified atom stereocenters. The number of nitrogens with zero attached hydrogens (tertiary/aromatic N) is 1. The van der Waals surface area contributed by atoms with Crippen molar-refractivity contribution in [3.05, 3.63) is 12.2 Å². The van der Waals surface area contributed by atoms with Crippen molar-refractivity contribution in [2.45, 2.75) is 138 Å². The molecule has 0 spiro atoms. The van der Waals surface area contributed by atoms with Crippen LogP contribution in [0.2, 0.25) is 0 Å². The van der Waals surface area contributed by atoms with Gasteiger partial charge in [-0.3, -0.25) is 4.79 Å². The van der Waals surface area contributed by atoms with E-state index in [9.17, 15) is 9.59 Å². The molecule has 7 nitrogen and oxygen atoms in total. The Morgan fingerprint density at radius 3 is 2.30 bits per heavy atom. The molecule has 6 aliphatic rings. The van der Waals surface area contributed by atoms with Crippen LogP contribution in [-0.4, -0.2) is 43.8 Å². The first kappa shape index (κ1) is 34.1. The zero-order chi connectivity index (χ0) is 33.1. The zero-order valence-electron chi connectivity index (χ0n) is 29.9. The van der Waals surface area contributed by atoms with E-state index in [0.29, 0.717) is 29.6 Å². The van der Waals surface area contributed by atoms with Gasteiger partial charge >= 0.3 is 11.9 Å². The van der Waals surface area contributed by atoms with Crippen LogP contribution in [-0.2, 0) is 28.6 Å². The molecular weight excluding hydrogens is 578 g/mol. The quantitative estimate of drug-likeness (QED) is 0.120. The number of allylic oxidation sites excluding steroid dienone is 1. The fourth-order valence-electron chi connectivity index (χ4n) is 13.0. The molecule has 6 rings (SSSR count). The largest absolute Gasteiger partial charge is 0.465 e. The summed E-state index contributed by atoms with van der Waals surface area (Å²) in [6.07, 6.45) is 14.8. The van der Waals surface area contributed by atoms with E-state index >= 15 is 0 Å². The summed E-state index contributed by atoms with van der Waals surface area (Å²) in [6.45, 7) is 21.7. The molecule has 0 aromatic rings. The Morgan fingerprint density at radius 1 is 0.848 bits per heavy atom. The minimum absolute atomic E-state index is 0.0358. The van der Waals surface area contributed by atoms with Crippen LogP contribution in [0.3, 0.4) is 0 Å². The molecule has 258 valence electrons. The minimum Gasteiger partial charge on any atom is -0.465 e. The predicted molar refractivity (Wildman–Crippen MR) is 179 cm³/mol. The van der Waals surface area contributed by atoms with Gasteiger partial charge in [-0.1, -0.05) is 45.0 Å². The molecule has 6 fully saturated rings. The molecule has 0 aromatic carbocycles. The Labute approximate surface area is 278 Å². The lowest BCUT2D eigenvalue weighted by Crippen LogP contribution is -2.67. The minimum atomic E-state index is -0.468. The lowest BCUT2D eigenvalue weighted by atomic mass is 9.32. The highest BCUT2D eigenvalue weighted by Crippen LogP contribution is 2.77. The van der Waals surface area contributed by atoms with Gasteiger partial charge in [0.1, 0.15) is 6.61 Å². The van der Waals surface area contributed by atoms with Crippen LogP contribution in [0.1, 0.15) is 132 Å². The van der Waals surface area contributed by atoms with E-state index in [1.165, 1.54) is 64.4 Å². The highest BCUT2D eigenvalue weighted by atomic mass is 16.7. The number of rotatable bonds is 7. The highest BCUT2D eigenvalue weighted by Gasteiger charge is 2.71. The van der Waals surface area contributed by atoms with Crippen molar-refractivity contribution < 1.29 is 28.6 Å². The summed E-state index contributed by atoms with van der Waals surface area (Å²) >= 11 is 0. The Hall–Kier alpha value is -1.73. The topological polar surface area (TPSA) is 83.4 Å². The lowest BCUT2D eigenvalue weighted by molar-refractivity contribution is -0.244. The van der Waals surface area contributed by atoms with Gasteiger partial charge in [-0.15, -0.1) is 0 Å². The summed E-state index contributed by atoms with van der Waals surface area (Å²) in [5.74, 6) is 2.00. The first-order valence-electron chi connectivity index (χ1n) is 18.5. The van der Waals surface area contributed by atoms with Crippen LogP contribution in [0.15, 0.2) is 17.3 Å². The molecule has 0 aromatic heterocycles. The molecule has 1 aliphatic heterocycles. The summed E-state index contributed by atoms with van der Waals surface area (Å²) in [6, 6.07) is 0. The van der Waals surface area contributed by atoms with E-state index in [1.54, 1.807) is 0 Å². The third-order valence-electron chi connectivity index (χ3n) is 15.4. The maximum absolute atomic E-state index is 12.1. The maximum Gasteiger partial charge on any atom is 0.331 e. The first-order valence-corrected chi connectivity index (χ1v) is 18.5. The fraction of sp³-hybridized carbons (Fsp3) is 0.872. The third kappa shape index (κ3) is 5.33. The number of carbonyl (C=O) groups is 2. The van der Waals surface area contributed by atoms with E-state index in [0.717, 1.165) is 57.5 Å². The van der Waals surface area contributed by atoms with Gasteiger partial charge in [-0.05, 0) is 142 Å². The molecule has 46 heavy (non-hydrogen) atoms. The molecule has 0 radical (unpaired) electrons. The molecule has 0 N–H and O–H groups in total. The molecule has 1 heterocycles. The van der Waals surface area contributed by atoms with Crippen molar-refractivity contribution in [2.75, 3.05) is 19.8 Å². The van der Waals surface area contributed by atoms with Gasteiger partial charge in [0.05, 0.1) is 12.3 Å². The van der Waals surface area contributed by atoms with Gasteiger partial charge in [0.2, 0.25) is 0 Å². The number of esters is 1. The van der Waals surface area contributed by atoms with Gasteiger partial charge in [0.25, 0.3) is 0 Å². The molecule has 0 amide bonds. The van der Waals surface area contributed by atoms with Crippen LogP contribution >= 0.6 is 0 Å². The van der Waals surface area contributed by atoms with Crippen molar-refractivity contribution >= 4 is 17.7 Å². The number of fused-ring (bicyclic) bond motifs is 7. The van der Waals surface area contributed by atoms with Crippen LogP contribution in [0, 0.1) is 56.7 Å². The number of hydrogen-bond acceptors (Lipinski definition) is 7. The Kier molecular flexibility index (Phi) is 9.13. The highest BCUT2D eigenvalue weighted by molar-refractivity contribution is 5.91. The summed E-state index contributed by atoms with van der Waals surface area (Å²) in [7, 11) is 0. The number of carbonyl (C=O) groups excluding carboxylic acids is 2. The van der Waals surface area contributed by atoms with Crippen molar-refractivity contribution in [1.82, 2.24) is 0 Å². The van der Waals surface area contributed by atoms with Gasteiger partial charge in [-0.2, -0.15) is 0 Å². The lowest BCUT2D eigenvalue weighted by Gasteiger charge is -2.72.